The van der Waals surface area contributed by atoms with E-state index in [2.05, 4.69) is 23.9 Å². The SMILES string of the molecule is C#CCN/C(=C/[N+](=O)[O-])CCS. The zero-order valence-corrected chi connectivity index (χ0v) is 7.38. The van der Waals surface area contributed by atoms with Gasteiger partial charge in [0.1, 0.15) is 0 Å². The van der Waals surface area contributed by atoms with Gasteiger partial charge in [-0.3, -0.25) is 10.1 Å². The lowest BCUT2D eigenvalue weighted by molar-refractivity contribution is -0.403. The van der Waals surface area contributed by atoms with Gasteiger partial charge in [0.25, 0.3) is 6.20 Å². The van der Waals surface area contributed by atoms with Gasteiger partial charge in [-0.25, -0.2) is 0 Å². The first-order valence-corrected chi connectivity index (χ1v) is 3.96. The first-order chi connectivity index (χ1) is 5.70. The maximum absolute atomic E-state index is 10.1. The summed E-state index contributed by atoms with van der Waals surface area (Å²) in [5.74, 6) is 2.88. The molecule has 0 saturated heterocycles. The van der Waals surface area contributed by atoms with Crippen LogP contribution in [0, 0.1) is 22.5 Å². The average molecular weight is 186 g/mol. The van der Waals surface area contributed by atoms with E-state index in [1.165, 1.54) is 0 Å². The fourth-order valence-electron chi connectivity index (χ4n) is 0.611. The van der Waals surface area contributed by atoms with Crippen LogP contribution < -0.4 is 5.32 Å². The van der Waals surface area contributed by atoms with Crippen molar-refractivity contribution in [1.82, 2.24) is 5.32 Å². The first-order valence-electron chi connectivity index (χ1n) is 3.33. The Morgan fingerprint density at radius 2 is 2.50 bits per heavy atom. The molecule has 12 heavy (non-hydrogen) atoms. The summed E-state index contributed by atoms with van der Waals surface area (Å²) in [6.07, 6.45) is 6.40. The number of rotatable bonds is 5. The van der Waals surface area contributed by atoms with Gasteiger partial charge >= 0.3 is 0 Å². The molecule has 0 aromatic heterocycles. The van der Waals surface area contributed by atoms with Crippen LogP contribution in [-0.2, 0) is 0 Å². The van der Waals surface area contributed by atoms with E-state index in [4.69, 9.17) is 6.42 Å². The Morgan fingerprint density at radius 1 is 1.83 bits per heavy atom. The van der Waals surface area contributed by atoms with Crippen LogP contribution in [0.3, 0.4) is 0 Å². The van der Waals surface area contributed by atoms with Gasteiger partial charge in [0, 0.05) is 6.42 Å². The van der Waals surface area contributed by atoms with Crippen molar-refractivity contribution in [1.29, 1.82) is 0 Å². The lowest BCUT2D eigenvalue weighted by Crippen LogP contribution is -2.15. The predicted molar refractivity (Wildman–Crippen MR) is 50.4 cm³/mol. The molecule has 0 aliphatic carbocycles. The Labute approximate surface area is 76.6 Å². The topological polar surface area (TPSA) is 55.2 Å². The number of nitro groups is 1. The first kappa shape index (κ1) is 10.8. The van der Waals surface area contributed by atoms with Crippen LogP contribution in [0.15, 0.2) is 11.9 Å². The van der Waals surface area contributed by atoms with E-state index in [9.17, 15) is 10.1 Å². The summed E-state index contributed by atoms with van der Waals surface area (Å²) in [6, 6.07) is 0. The molecule has 66 valence electrons. The van der Waals surface area contributed by atoms with Gasteiger partial charge in [0.05, 0.1) is 17.2 Å². The van der Waals surface area contributed by atoms with Gasteiger partial charge in [-0.15, -0.1) is 6.42 Å². The minimum absolute atomic E-state index is 0.299. The molecule has 0 spiro atoms. The normalized spacial score (nSPS) is 10.5. The van der Waals surface area contributed by atoms with Gasteiger partial charge < -0.3 is 5.32 Å². The van der Waals surface area contributed by atoms with Crippen molar-refractivity contribution in [2.75, 3.05) is 12.3 Å². The van der Waals surface area contributed by atoms with E-state index in [1.54, 1.807) is 0 Å². The van der Waals surface area contributed by atoms with Gasteiger partial charge in [-0.1, -0.05) is 5.92 Å². The summed E-state index contributed by atoms with van der Waals surface area (Å²) < 4.78 is 0. The summed E-state index contributed by atoms with van der Waals surface area (Å²) in [5.41, 5.74) is 0.507. The molecule has 0 fully saturated rings. The fraction of sp³-hybridized carbons (Fsp3) is 0.429. The van der Waals surface area contributed by atoms with Crippen molar-refractivity contribution in [2.24, 2.45) is 0 Å². The molecule has 0 aromatic carbocycles. The number of allylic oxidation sites excluding steroid dienone is 1. The van der Waals surface area contributed by atoms with Crippen LogP contribution in [0.2, 0.25) is 0 Å². The molecule has 5 heteroatoms. The van der Waals surface area contributed by atoms with Crippen molar-refractivity contribution in [3.05, 3.63) is 22.0 Å². The second-order valence-corrected chi connectivity index (χ2v) is 2.42. The fourth-order valence-corrected chi connectivity index (χ4v) is 0.852. The smallest absolute Gasteiger partial charge is 0.253 e. The Balaban J connectivity index is 4.04. The van der Waals surface area contributed by atoms with Crippen molar-refractivity contribution >= 4 is 12.6 Å². The highest BCUT2D eigenvalue weighted by Crippen LogP contribution is 1.97. The molecule has 0 radical (unpaired) electrons. The van der Waals surface area contributed by atoms with Gasteiger partial charge in [-0.2, -0.15) is 12.6 Å². The molecule has 1 N–H and O–H groups in total. The summed E-state index contributed by atoms with van der Waals surface area (Å²) in [7, 11) is 0. The molecule has 0 saturated carbocycles. The number of nitrogens with zero attached hydrogens (tertiary/aromatic N) is 1. The van der Waals surface area contributed by atoms with Crippen molar-refractivity contribution in [2.45, 2.75) is 6.42 Å². The lowest BCUT2D eigenvalue weighted by atomic mass is 10.3. The van der Waals surface area contributed by atoms with E-state index in [0.29, 0.717) is 24.4 Å². The van der Waals surface area contributed by atoms with Crippen LogP contribution in [0.4, 0.5) is 0 Å². The van der Waals surface area contributed by atoms with Crippen molar-refractivity contribution < 1.29 is 4.92 Å². The van der Waals surface area contributed by atoms with Crippen LogP contribution >= 0.6 is 12.6 Å². The molecule has 0 atom stereocenters. The number of hydrogen-bond acceptors (Lipinski definition) is 4. The second-order valence-electron chi connectivity index (χ2n) is 1.97. The largest absolute Gasteiger partial charge is 0.372 e. The highest BCUT2D eigenvalue weighted by Gasteiger charge is 1.99. The molecular weight excluding hydrogens is 176 g/mol. The molecule has 0 heterocycles. The quantitative estimate of drug-likeness (QED) is 0.287. The summed E-state index contributed by atoms with van der Waals surface area (Å²) in [4.78, 5) is 9.55. The van der Waals surface area contributed by atoms with Crippen molar-refractivity contribution in [3.8, 4) is 12.3 Å². The monoisotopic (exact) mass is 186 g/mol. The highest BCUT2D eigenvalue weighted by molar-refractivity contribution is 7.80. The Hall–Kier alpha value is -1.15. The standard InChI is InChI=1S/C7H10N2O2S/c1-2-4-8-7(3-5-12)6-9(10)11/h1,6,8,12H,3-5H2/b7-6+. The van der Waals surface area contributed by atoms with E-state index in [-0.39, 0.29) is 0 Å². The minimum Gasteiger partial charge on any atom is -0.372 e. The number of terminal acetylenes is 1. The van der Waals surface area contributed by atoms with Crippen LogP contribution in [-0.4, -0.2) is 17.2 Å². The van der Waals surface area contributed by atoms with E-state index < -0.39 is 4.92 Å². The highest BCUT2D eigenvalue weighted by atomic mass is 32.1. The van der Waals surface area contributed by atoms with Gasteiger partial charge in [-0.05, 0) is 5.75 Å². The molecule has 0 unspecified atom stereocenters. The Kier molecular flexibility index (Phi) is 5.93. The Bertz CT molecular complexity index is 220. The molecule has 4 nitrogen and oxygen atoms in total. The second kappa shape index (κ2) is 6.55. The number of thiol groups is 1. The third-order valence-electron chi connectivity index (χ3n) is 1.06. The van der Waals surface area contributed by atoms with E-state index >= 15 is 0 Å². The van der Waals surface area contributed by atoms with Crippen molar-refractivity contribution in [3.63, 3.8) is 0 Å². The van der Waals surface area contributed by atoms with Crippen LogP contribution in [0.25, 0.3) is 0 Å². The summed E-state index contributed by atoms with van der Waals surface area (Å²) in [6.45, 7) is 0.299. The molecule has 0 amide bonds. The maximum Gasteiger partial charge on any atom is 0.253 e. The molecule has 0 rings (SSSR count). The minimum atomic E-state index is -0.512. The third-order valence-corrected chi connectivity index (χ3v) is 1.28. The van der Waals surface area contributed by atoms with Crippen LogP contribution in [0.5, 0.6) is 0 Å². The van der Waals surface area contributed by atoms with Gasteiger partial charge in [0.15, 0.2) is 0 Å². The third kappa shape index (κ3) is 5.62. The zero-order valence-electron chi connectivity index (χ0n) is 6.49. The van der Waals surface area contributed by atoms with Crippen LogP contribution in [0.1, 0.15) is 6.42 Å². The summed E-state index contributed by atoms with van der Waals surface area (Å²) >= 11 is 3.95. The average Bonchev–Trinajstić information content (AvgIpc) is 2.00. The Morgan fingerprint density at radius 3 is 2.92 bits per heavy atom. The van der Waals surface area contributed by atoms with E-state index in [1.807, 2.05) is 0 Å². The summed E-state index contributed by atoms with van der Waals surface area (Å²) in [5, 5.41) is 12.8. The molecule has 0 aromatic rings. The number of nitrogens with one attached hydrogen (secondary N) is 1. The molecular formula is C7H10N2O2S. The number of hydrogen-bond donors (Lipinski definition) is 2. The maximum atomic E-state index is 10.1. The molecule has 0 bridgehead atoms. The lowest BCUT2D eigenvalue weighted by Gasteiger charge is -2.02. The van der Waals surface area contributed by atoms with E-state index in [0.717, 1.165) is 6.20 Å². The zero-order chi connectivity index (χ0) is 9.40. The predicted octanol–water partition coefficient (Wildman–Crippen LogP) is 0.647. The molecule has 0 aliphatic rings. The van der Waals surface area contributed by atoms with Gasteiger partial charge in [0.2, 0.25) is 0 Å². The molecule has 0 aliphatic heterocycles.